The number of ether oxygens (including phenoxy) is 1. The molecular weight excluding hydrogens is 254 g/mol. The van der Waals surface area contributed by atoms with Crippen molar-refractivity contribution in [2.75, 3.05) is 13.2 Å². The molecule has 1 aromatic heterocycles. The van der Waals surface area contributed by atoms with Gasteiger partial charge in [0.2, 0.25) is 5.91 Å². The van der Waals surface area contributed by atoms with Crippen molar-refractivity contribution in [1.82, 2.24) is 5.32 Å². The zero-order valence-corrected chi connectivity index (χ0v) is 11.3. The van der Waals surface area contributed by atoms with Crippen LogP contribution in [0, 0.1) is 6.92 Å². The first-order chi connectivity index (χ1) is 9.75. The van der Waals surface area contributed by atoms with Crippen molar-refractivity contribution in [2.45, 2.75) is 6.92 Å². The van der Waals surface area contributed by atoms with Crippen LogP contribution in [0.2, 0.25) is 0 Å². The van der Waals surface area contributed by atoms with Gasteiger partial charge in [-0.15, -0.1) is 0 Å². The fourth-order valence-electron chi connectivity index (χ4n) is 1.66. The van der Waals surface area contributed by atoms with Crippen LogP contribution in [-0.4, -0.2) is 19.1 Å². The molecule has 2 rings (SSSR count). The predicted octanol–water partition coefficient (Wildman–Crippen LogP) is 2.80. The molecule has 1 heterocycles. The summed E-state index contributed by atoms with van der Waals surface area (Å²) in [6.45, 7) is 2.88. The van der Waals surface area contributed by atoms with Gasteiger partial charge in [-0.25, -0.2) is 0 Å². The smallest absolute Gasteiger partial charge is 0.244 e. The molecule has 0 atom stereocenters. The first-order valence-corrected chi connectivity index (χ1v) is 6.43. The van der Waals surface area contributed by atoms with Crippen LogP contribution in [0.25, 0.3) is 6.08 Å². The molecule has 0 spiro atoms. The van der Waals surface area contributed by atoms with E-state index in [2.05, 4.69) is 5.32 Å². The molecular formula is C16H17NO3. The Morgan fingerprint density at radius 3 is 2.90 bits per heavy atom. The largest absolute Gasteiger partial charge is 0.491 e. The summed E-state index contributed by atoms with van der Waals surface area (Å²) in [6, 6.07) is 11.3. The molecule has 20 heavy (non-hydrogen) atoms. The second-order valence-electron chi connectivity index (χ2n) is 4.25. The number of carbonyl (C=O) groups is 1. The van der Waals surface area contributed by atoms with Crippen LogP contribution in [0.4, 0.5) is 0 Å². The topological polar surface area (TPSA) is 51.5 Å². The number of hydrogen-bond donors (Lipinski definition) is 1. The Bertz CT molecular complexity index is 573. The Morgan fingerprint density at radius 1 is 1.30 bits per heavy atom. The van der Waals surface area contributed by atoms with E-state index in [4.69, 9.17) is 9.15 Å². The van der Waals surface area contributed by atoms with E-state index < -0.39 is 0 Å². The highest BCUT2D eigenvalue weighted by Crippen LogP contribution is 2.15. The summed E-state index contributed by atoms with van der Waals surface area (Å²) in [4.78, 5) is 11.5. The number of carbonyl (C=O) groups excluding carboxylic acids is 1. The van der Waals surface area contributed by atoms with Gasteiger partial charge < -0.3 is 14.5 Å². The van der Waals surface area contributed by atoms with Crippen LogP contribution in [-0.2, 0) is 4.79 Å². The fourth-order valence-corrected chi connectivity index (χ4v) is 1.66. The Morgan fingerprint density at radius 2 is 2.15 bits per heavy atom. The van der Waals surface area contributed by atoms with Crippen LogP contribution in [0.1, 0.15) is 11.3 Å². The average molecular weight is 271 g/mol. The highest BCUT2D eigenvalue weighted by molar-refractivity contribution is 5.91. The monoisotopic (exact) mass is 271 g/mol. The van der Waals surface area contributed by atoms with Crippen molar-refractivity contribution in [3.8, 4) is 5.75 Å². The highest BCUT2D eigenvalue weighted by Gasteiger charge is 1.99. The predicted molar refractivity (Wildman–Crippen MR) is 77.4 cm³/mol. The molecule has 1 aromatic carbocycles. The number of para-hydroxylation sites is 1. The van der Waals surface area contributed by atoms with Gasteiger partial charge in [-0.05, 0) is 36.8 Å². The van der Waals surface area contributed by atoms with Gasteiger partial charge in [-0.3, -0.25) is 4.79 Å². The second-order valence-corrected chi connectivity index (χ2v) is 4.25. The Hall–Kier alpha value is -2.49. The zero-order chi connectivity index (χ0) is 14.2. The number of benzene rings is 1. The van der Waals surface area contributed by atoms with Gasteiger partial charge >= 0.3 is 0 Å². The third-order valence-corrected chi connectivity index (χ3v) is 2.69. The quantitative estimate of drug-likeness (QED) is 0.649. The van der Waals surface area contributed by atoms with E-state index in [1.165, 1.54) is 6.08 Å². The van der Waals surface area contributed by atoms with Crippen molar-refractivity contribution >= 4 is 12.0 Å². The molecule has 4 nitrogen and oxygen atoms in total. The molecule has 1 N–H and O–H groups in total. The number of hydrogen-bond acceptors (Lipinski definition) is 3. The summed E-state index contributed by atoms with van der Waals surface area (Å²) in [5, 5.41) is 2.74. The molecule has 2 aromatic rings. The molecule has 0 radical (unpaired) electrons. The van der Waals surface area contributed by atoms with Gasteiger partial charge in [0, 0.05) is 6.08 Å². The van der Waals surface area contributed by atoms with E-state index >= 15 is 0 Å². The van der Waals surface area contributed by atoms with E-state index in [0.29, 0.717) is 18.9 Å². The minimum absolute atomic E-state index is 0.171. The number of aryl methyl sites for hydroxylation is 1. The van der Waals surface area contributed by atoms with Crippen molar-refractivity contribution in [3.63, 3.8) is 0 Å². The minimum Gasteiger partial charge on any atom is -0.491 e. The Labute approximate surface area is 118 Å². The number of rotatable bonds is 6. The highest BCUT2D eigenvalue weighted by atomic mass is 16.5. The number of amides is 1. The van der Waals surface area contributed by atoms with E-state index in [-0.39, 0.29) is 5.91 Å². The minimum atomic E-state index is -0.171. The maximum atomic E-state index is 11.5. The molecule has 0 unspecified atom stereocenters. The Balaban J connectivity index is 1.68. The van der Waals surface area contributed by atoms with E-state index in [1.54, 1.807) is 24.5 Å². The molecule has 0 aliphatic carbocycles. The molecule has 1 amide bonds. The third-order valence-electron chi connectivity index (χ3n) is 2.69. The van der Waals surface area contributed by atoms with Crippen LogP contribution in [0.5, 0.6) is 5.75 Å². The summed E-state index contributed by atoms with van der Waals surface area (Å²) >= 11 is 0. The summed E-state index contributed by atoms with van der Waals surface area (Å²) in [7, 11) is 0. The lowest BCUT2D eigenvalue weighted by molar-refractivity contribution is -0.116. The van der Waals surface area contributed by atoms with E-state index in [0.717, 1.165) is 11.3 Å². The number of furan rings is 1. The molecule has 0 aliphatic heterocycles. The first kappa shape index (κ1) is 13.9. The molecule has 4 heteroatoms. The number of nitrogens with one attached hydrogen (secondary N) is 1. The van der Waals surface area contributed by atoms with Crippen LogP contribution in [0.3, 0.4) is 0 Å². The zero-order valence-electron chi connectivity index (χ0n) is 11.3. The molecule has 0 aliphatic rings. The summed E-state index contributed by atoms with van der Waals surface area (Å²) in [5.74, 6) is 1.32. The van der Waals surface area contributed by atoms with Gasteiger partial charge in [-0.2, -0.15) is 0 Å². The second kappa shape index (κ2) is 7.19. The van der Waals surface area contributed by atoms with E-state index in [1.807, 2.05) is 31.2 Å². The molecule has 0 fully saturated rings. The standard InChI is InChI=1S/C16H17NO3/c1-13-5-2-3-7-15(13)20-12-10-17-16(18)9-8-14-6-4-11-19-14/h2-9,11H,10,12H2,1H3,(H,17,18)/b9-8+. The van der Waals surface area contributed by atoms with Crippen molar-refractivity contribution in [2.24, 2.45) is 0 Å². The maximum Gasteiger partial charge on any atom is 0.244 e. The summed E-state index contributed by atoms with van der Waals surface area (Å²) in [5.41, 5.74) is 1.08. The molecule has 104 valence electrons. The van der Waals surface area contributed by atoms with Crippen molar-refractivity contribution < 1.29 is 13.9 Å². The lowest BCUT2D eigenvalue weighted by Crippen LogP contribution is -2.26. The molecule has 0 bridgehead atoms. The van der Waals surface area contributed by atoms with Gasteiger partial charge in [-0.1, -0.05) is 18.2 Å². The first-order valence-electron chi connectivity index (χ1n) is 6.43. The van der Waals surface area contributed by atoms with Crippen LogP contribution in [0.15, 0.2) is 53.2 Å². The lowest BCUT2D eigenvalue weighted by atomic mass is 10.2. The van der Waals surface area contributed by atoms with Gasteiger partial charge in [0.25, 0.3) is 0 Å². The summed E-state index contributed by atoms with van der Waals surface area (Å²) in [6.07, 6.45) is 4.62. The van der Waals surface area contributed by atoms with Crippen molar-refractivity contribution in [1.29, 1.82) is 0 Å². The van der Waals surface area contributed by atoms with Crippen molar-refractivity contribution in [3.05, 3.63) is 60.1 Å². The molecule has 0 saturated heterocycles. The van der Waals surface area contributed by atoms with Crippen LogP contribution < -0.4 is 10.1 Å². The Kier molecular flexibility index (Phi) is 5.00. The normalized spacial score (nSPS) is 10.7. The summed E-state index contributed by atoms with van der Waals surface area (Å²) < 4.78 is 10.7. The average Bonchev–Trinajstić information content (AvgIpc) is 2.96. The fraction of sp³-hybridized carbons (Fsp3) is 0.188. The lowest BCUT2D eigenvalue weighted by Gasteiger charge is -2.08. The van der Waals surface area contributed by atoms with Gasteiger partial charge in [0.1, 0.15) is 18.1 Å². The van der Waals surface area contributed by atoms with Gasteiger partial charge in [0.05, 0.1) is 12.8 Å². The van der Waals surface area contributed by atoms with Crippen LogP contribution >= 0.6 is 0 Å². The maximum absolute atomic E-state index is 11.5. The van der Waals surface area contributed by atoms with Gasteiger partial charge in [0.15, 0.2) is 0 Å². The third kappa shape index (κ3) is 4.31. The van der Waals surface area contributed by atoms with E-state index in [9.17, 15) is 4.79 Å². The molecule has 0 saturated carbocycles. The SMILES string of the molecule is Cc1ccccc1OCCNC(=O)/C=C/c1ccco1.